The van der Waals surface area contributed by atoms with E-state index >= 15 is 0 Å². The molecule has 0 aliphatic rings. The Morgan fingerprint density at radius 1 is 1.29 bits per heavy atom. The van der Waals surface area contributed by atoms with E-state index in [1.54, 1.807) is 0 Å². The number of hydrogen-bond acceptors (Lipinski definition) is 3. The van der Waals surface area contributed by atoms with Crippen molar-refractivity contribution in [2.75, 3.05) is 25.6 Å². The van der Waals surface area contributed by atoms with Crippen LogP contribution < -0.4 is 10.6 Å². The molecule has 0 saturated carbocycles. The van der Waals surface area contributed by atoms with E-state index < -0.39 is 5.54 Å². The number of rotatable bonds is 3. The zero-order valence-electron chi connectivity index (χ0n) is 8.99. The summed E-state index contributed by atoms with van der Waals surface area (Å²) in [5, 5.41) is 9.09. The summed E-state index contributed by atoms with van der Waals surface area (Å²) in [4.78, 5) is 2.02. The number of aliphatic hydroxyl groups excluding tert-OH is 1. The topological polar surface area (TPSA) is 49.5 Å². The van der Waals surface area contributed by atoms with Crippen LogP contribution in [0.5, 0.6) is 0 Å². The molecule has 1 atom stereocenters. The van der Waals surface area contributed by atoms with Gasteiger partial charge in [0.25, 0.3) is 0 Å². The maximum Gasteiger partial charge on any atom is 0.0650 e. The zero-order valence-corrected chi connectivity index (χ0v) is 8.99. The molecule has 0 aliphatic heterocycles. The first kappa shape index (κ1) is 11.0. The number of anilines is 1. The van der Waals surface area contributed by atoms with Crippen molar-refractivity contribution in [1.29, 1.82) is 0 Å². The minimum absolute atomic E-state index is 0.0473. The average molecular weight is 194 g/mol. The van der Waals surface area contributed by atoms with E-state index in [2.05, 4.69) is 0 Å². The van der Waals surface area contributed by atoms with Crippen molar-refractivity contribution in [2.24, 2.45) is 5.73 Å². The Morgan fingerprint density at radius 3 is 2.14 bits per heavy atom. The van der Waals surface area contributed by atoms with Crippen molar-refractivity contribution in [3.8, 4) is 0 Å². The van der Waals surface area contributed by atoms with E-state index in [4.69, 9.17) is 10.8 Å². The molecular weight excluding hydrogens is 176 g/mol. The van der Waals surface area contributed by atoms with Crippen LogP contribution in [0.2, 0.25) is 0 Å². The summed E-state index contributed by atoms with van der Waals surface area (Å²) in [5.74, 6) is 0. The van der Waals surface area contributed by atoms with Gasteiger partial charge in [0.2, 0.25) is 0 Å². The Hall–Kier alpha value is -1.06. The van der Waals surface area contributed by atoms with Crippen LogP contribution in [0.25, 0.3) is 0 Å². The lowest BCUT2D eigenvalue weighted by Gasteiger charge is -2.23. The van der Waals surface area contributed by atoms with Gasteiger partial charge in [-0.05, 0) is 24.6 Å². The second-order valence-electron chi connectivity index (χ2n) is 4.02. The minimum atomic E-state index is -0.648. The first-order chi connectivity index (χ1) is 6.47. The Morgan fingerprint density at radius 2 is 1.79 bits per heavy atom. The molecule has 0 aromatic heterocycles. The average Bonchev–Trinajstić information content (AvgIpc) is 2.18. The standard InChI is InChI=1S/C11H18N2O/c1-11(12,8-14)9-4-6-10(7-5-9)13(2)3/h4-7,14H,8,12H2,1-3H3/t11-/m0/s1. The van der Waals surface area contributed by atoms with Gasteiger partial charge in [-0.25, -0.2) is 0 Å². The molecule has 14 heavy (non-hydrogen) atoms. The highest BCUT2D eigenvalue weighted by atomic mass is 16.3. The van der Waals surface area contributed by atoms with Gasteiger partial charge >= 0.3 is 0 Å². The van der Waals surface area contributed by atoms with Gasteiger partial charge in [0.05, 0.1) is 12.1 Å². The molecule has 0 saturated heterocycles. The summed E-state index contributed by atoms with van der Waals surface area (Å²) in [6, 6.07) is 7.89. The molecule has 0 amide bonds. The monoisotopic (exact) mass is 194 g/mol. The molecule has 0 unspecified atom stereocenters. The fraction of sp³-hybridized carbons (Fsp3) is 0.455. The fourth-order valence-electron chi connectivity index (χ4n) is 1.23. The van der Waals surface area contributed by atoms with Gasteiger partial charge in [0, 0.05) is 19.8 Å². The third-order valence-electron chi connectivity index (χ3n) is 2.37. The Kier molecular flexibility index (Phi) is 3.13. The molecule has 1 aromatic rings. The number of aliphatic hydroxyl groups is 1. The van der Waals surface area contributed by atoms with Gasteiger partial charge in [-0.2, -0.15) is 0 Å². The number of hydrogen-bond donors (Lipinski definition) is 2. The van der Waals surface area contributed by atoms with Crippen LogP contribution >= 0.6 is 0 Å². The van der Waals surface area contributed by atoms with Crippen molar-refractivity contribution < 1.29 is 5.11 Å². The first-order valence-electron chi connectivity index (χ1n) is 4.65. The quantitative estimate of drug-likeness (QED) is 0.752. The van der Waals surface area contributed by atoms with E-state index in [1.165, 1.54) is 0 Å². The molecule has 0 spiro atoms. The fourth-order valence-corrected chi connectivity index (χ4v) is 1.23. The maximum atomic E-state index is 9.09. The molecule has 1 rings (SSSR count). The van der Waals surface area contributed by atoms with Crippen LogP contribution in [-0.2, 0) is 5.54 Å². The summed E-state index contributed by atoms with van der Waals surface area (Å²) in [6.45, 7) is 1.77. The lowest BCUT2D eigenvalue weighted by Crippen LogP contribution is -2.36. The molecule has 1 aromatic carbocycles. The Balaban J connectivity index is 2.94. The lowest BCUT2D eigenvalue weighted by atomic mass is 9.94. The highest BCUT2D eigenvalue weighted by Gasteiger charge is 2.19. The van der Waals surface area contributed by atoms with Crippen molar-refractivity contribution in [3.05, 3.63) is 29.8 Å². The third-order valence-corrected chi connectivity index (χ3v) is 2.37. The molecule has 0 radical (unpaired) electrons. The SMILES string of the molecule is CN(C)c1ccc([C@@](C)(N)CO)cc1. The van der Waals surface area contributed by atoms with Crippen LogP contribution in [0.3, 0.4) is 0 Å². The van der Waals surface area contributed by atoms with Gasteiger partial charge in [0.15, 0.2) is 0 Å². The van der Waals surface area contributed by atoms with Crippen molar-refractivity contribution in [3.63, 3.8) is 0 Å². The summed E-state index contributed by atoms with van der Waals surface area (Å²) < 4.78 is 0. The molecule has 0 fully saturated rings. The van der Waals surface area contributed by atoms with E-state index in [-0.39, 0.29) is 6.61 Å². The van der Waals surface area contributed by atoms with E-state index in [0.29, 0.717) is 0 Å². The highest BCUT2D eigenvalue weighted by Crippen LogP contribution is 2.20. The number of nitrogens with zero attached hydrogens (tertiary/aromatic N) is 1. The largest absolute Gasteiger partial charge is 0.394 e. The van der Waals surface area contributed by atoms with Crippen molar-refractivity contribution in [1.82, 2.24) is 0 Å². The van der Waals surface area contributed by atoms with Gasteiger partial charge in [-0.3, -0.25) is 0 Å². The van der Waals surface area contributed by atoms with Gasteiger partial charge in [0.1, 0.15) is 0 Å². The first-order valence-corrected chi connectivity index (χ1v) is 4.65. The maximum absolute atomic E-state index is 9.09. The van der Waals surface area contributed by atoms with Crippen LogP contribution in [0.4, 0.5) is 5.69 Å². The number of benzene rings is 1. The molecule has 78 valence electrons. The second-order valence-corrected chi connectivity index (χ2v) is 4.02. The van der Waals surface area contributed by atoms with Gasteiger partial charge < -0.3 is 15.7 Å². The van der Waals surface area contributed by atoms with Crippen molar-refractivity contribution >= 4 is 5.69 Å². The van der Waals surface area contributed by atoms with Crippen LogP contribution in [-0.4, -0.2) is 25.8 Å². The molecule has 0 bridgehead atoms. The normalized spacial score (nSPS) is 14.9. The smallest absolute Gasteiger partial charge is 0.0650 e. The highest BCUT2D eigenvalue weighted by molar-refractivity contribution is 5.47. The van der Waals surface area contributed by atoms with E-state index in [1.807, 2.05) is 50.2 Å². The number of nitrogens with two attached hydrogens (primary N) is 1. The Labute approximate surface area is 85.2 Å². The second kappa shape index (κ2) is 3.98. The molecule has 3 nitrogen and oxygen atoms in total. The zero-order chi connectivity index (χ0) is 10.8. The Bertz CT molecular complexity index is 291. The predicted octanol–water partition coefficient (Wildman–Crippen LogP) is 0.919. The predicted molar refractivity (Wildman–Crippen MR) is 59.4 cm³/mol. The van der Waals surface area contributed by atoms with Crippen LogP contribution in [0.1, 0.15) is 12.5 Å². The summed E-state index contributed by atoms with van der Waals surface area (Å²) in [7, 11) is 3.98. The van der Waals surface area contributed by atoms with Gasteiger partial charge in [-0.1, -0.05) is 12.1 Å². The molecule has 0 aliphatic carbocycles. The minimum Gasteiger partial charge on any atom is -0.394 e. The molecule has 3 heteroatoms. The van der Waals surface area contributed by atoms with E-state index in [9.17, 15) is 0 Å². The third kappa shape index (κ3) is 2.25. The molecular formula is C11H18N2O. The summed E-state index contributed by atoms with van der Waals surface area (Å²) >= 11 is 0. The summed E-state index contributed by atoms with van der Waals surface area (Å²) in [5.41, 5.74) is 7.33. The van der Waals surface area contributed by atoms with E-state index in [0.717, 1.165) is 11.3 Å². The van der Waals surface area contributed by atoms with Crippen LogP contribution in [0.15, 0.2) is 24.3 Å². The van der Waals surface area contributed by atoms with Crippen molar-refractivity contribution in [2.45, 2.75) is 12.5 Å². The van der Waals surface area contributed by atoms with Crippen LogP contribution in [0, 0.1) is 0 Å². The lowest BCUT2D eigenvalue weighted by molar-refractivity contribution is 0.210. The van der Waals surface area contributed by atoms with Gasteiger partial charge in [-0.15, -0.1) is 0 Å². The molecule has 3 N–H and O–H groups in total. The molecule has 0 heterocycles. The summed E-state index contributed by atoms with van der Waals surface area (Å²) in [6.07, 6.45) is 0.